The van der Waals surface area contributed by atoms with Crippen LogP contribution in [0.4, 0.5) is 5.69 Å². The molecule has 27 heavy (non-hydrogen) atoms. The molecule has 5 heteroatoms. The van der Waals surface area contributed by atoms with Crippen molar-refractivity contribution in [1.82, 2.24) is 15.1 Å². The largest absolute Gasteiger partial charge is 0.359 e. The first-order valence-electron chi connectivity index (χ1n) is 10.1. The van der Waals surface area contributed by atoms with E-state index in [1.807, 2.05) is 6.08 Å². The number of nitrogens with one attached hydrogen (secondary N) is 3. The number of likely N-dealkylation sites (tertiary alicyclic amines) is 2. The van der Waals surface area contributed by atoms with Crippen molar-refractivity contribution >= 4 is 11.5 Å². The van der Waals surface area contributed by atoms with Crippen molar-refractivity contribution in [3.63, 3.8) is 0 Å². The summed E-state index contributed by atoms with van der Waals surface area (Å²) in [5.41, 5.74) is 3.46. The number of hydrogen-bond donors (Lipinski definition) is 3. The van der Waals surface area contributed by atoms with Gasteiger partial charge in [0.15, 0.2) is 0 Å². The summed E-state index contributed by atoms with van der Waals surface area (Å²) in [6, 6.07) is 6.39. The monoisotopic (exact) mass is 367 g/mol. The summed E-state index contributed by atoms with van der Waals surface area (Å²) in [5, 5.41) is 15.5. The van der Waals surface area contributed by atoms with E-state index in [9.17, 15) is 0 Å². The van der Waals surface area contributed by atoms with E-state index in [1.54, 1.807) is 0 Å². The van der Waals surface area contributed by atoms with Gasteiger partial charge < -0.3 is 20.4 Å². The molecule has 146 valence electrons. The van der Waals surface area contributed by atoms with Gasteiger partial charge in [0.1, 0.15) is 11.7 Å². The van der Waals surface area contributed by atoms with E-state index in [-0.39, 0.29) is 0 Å². The van der Waals surface area contributed by atoms with Gasteiger partial charge in [-0.25, -0.2) is 0 Å². The van der Waals surface area contributed by atoms with Crippen LogP contribution < -0.4 is 10.6 Å². The molecule has 2 aliphatic rings. The van der Waals surface area contributed by atoms with Crippen LogP contribution in [0.1, 0.15) is 43.2 Å². The van der Waals surface area contributed by atoms with Gasteiger partial charge in [-0.15, -0.1) is 0 Å². The van der Waals surface area contributed by atoms with E-state index < -0.39 is 0 Å². The minimum atomic E-state index is 0.559. The quantitative estimate of drug-likeness (QED) is 0.522. The fourth-order valence-corrected chi connectivity index (χ4v) is 3.70. The Morgan fingerprint density at radius 2 is 1.63 bits per heavy atom. The molecule has 0 aromatic heterocycles. The molecular formula is C22H33N5. The van der Waals surface area contributed by atoms with Gasteiger partial charge in [0, 0.05) is 37.9 Å². The third-order valence-corrected chi connectivity index (χ3v) is 5.41. The van der Waals surface area contributed by atoms with Crippen LogP contribution in [0.5, 0.6) is 0 Å². The Balaban J connectivity index is 1.78. The Labute approximate surface area is 163 Å². The number of amidine groups is 1. The van der Waals surface area contributed by atoms with Gasteiger partial charge in [0.05, 0.1) is 5.82 Å². The Bertz CT molecular complexity index is 709. The fraction of sp³-hybridized carbons (Fsp3) is 0.500. The maximum Gasteiger partial charge on any atom is 0.124 e. The summed E-state index contributed by atoms with van der Waals surface area (Å²) in [5.74, 6) is 2.28. The first-order chi connectivity index (χ1) is 13.0. The lowest BCUT2D eigenvalue weighted by Crippen LogP contribution is -2.36. The van der Waals surface area contributed by atoms with Crippen molar-refractivity contribution < 1.29 is 0 Å². The zero-order valence-corrected chi connectivity index (χ0v) is 16.8. The second-order valence-corrected chi connectivity index (χ2v) is 7.70. The van der Waals surface area contributed by atoms with Crippen molar-refractivity contribution in [2.75, 3.05) is 31.5 Å². The molecule has 5 nitrogen and oxygen atoms in total. The van der Waals surface area contributed by atoms with E-state index >= 15 is 0 Å². The van der Waals surface area contributed by atoms with E-state index in [2.05, 4.69) is 59.1 Å². The lowest BCUT2D eigenvalue weighted by Gasteiger charge is -2.29. The van der Waals surface area contributed by atoms with Gasteiger partial charge in [-0.1, -0.05) is 18.7 Å². The van der Waals surface area contributed by atoms with Crippen LogP contribution in [0.2, 0.25) is 0 Å². The molecule has 2 fully saturated rings. The summed E-state index contributed by atoms with van der Waals surface area (Å²) >= 11 is 0. The van der Waals surface area contributed by atoms with Crippen LogP contribution >= 0.6 is 0 Å². The summed E-state index contributed by atoms with van der Waals surface area (Å²) in [4.78, 5) is 4.44. The van der Waals surface area contributed by atoms with Crippen LogP contribution in [0.3, 0.4) is 0 Å². The molecule has 0 bridgehead atoms. The van der Waals surface area contributed by atoms with Crippen LogP contribution in [0.15, 0.2) is 42.5 Å². The third kappa shape index (κ3) is 5.28. The zero-order chi connectivity index (χ0) is 19.2. The molecule has 2 saturated heterocycles. The van der Waals surface area contributed by atoms with Crippen LogP contribution in [-0.2, 0) is 0 Å². The molecule has 2 aliphatic heterocycles. The van der Waals surface area contributed by atoms with E-state index in [0.717, 1.165) is 43.5 Å². The van der Waals surface area contributed by atoms with Crippen LogP contribution in [0.25, 0.3) is 0 Å². The minimum Gasteiger partial charge on any atom is -0.359 e. The predicted octanol–water partition coefficient (Wildman–Crippen LogP) is 4.18. The first-order valence-corrected chi connectivity index (χ1v) is 10.1. The van der Waals surface area contributed by atoms with E-state index in [1.165, 1.54) is 43.2 Å². The molecule has 1 aromatic rings. The molecule has 0 spiro atoms. The van der Waals surface area contributed by atoms with Gasteiger partial charge in [0.2, 0.25) is 0 Å². The molecule has 0 amide bonds. The Morgan fingerprint density at radius 1 is 1.00 bits per heavy atom. The Morgan fingerprint density at radius 3 is 2.33 bits per heavy atom. The summed E-state index contributed by atoms with van der Waals surface area (Å²) in [6.07, 6.45) is 7.95. The number of anilines is 1. The smallest absolute Gasteiger partial charge is 0.124 e. The number of nitrogens with zero attached hydrogens (tertiary/aromatic N) is 2. The number of piperidine rings is 1. The summed E-state index contributed by atoms with van der Waals surface area (Å²) < 4.78 is 0. The molecule has 0 atom stereocenters. The molecule has 0 aliphatic carbocycles. The van der Waals surface area contributed by atoms with Crippen molar-refractivity contribution in [1.29, 1.82) is 5.41 Å². The highest BCUT2D eigenvalue weighted by molar-refractivity contribution is 5.91. The van der Waals surface area contributed by atoms with Gasteiger partial charge in [-0.2, -0.15) is 0 Å². The van der Waals surface area contributed by atoms with E-state index in [0.29, 0.717) is 5.84 Å². The number of benzene rings is 1. The molecule has 3 N–H and O–H groups in total. The predicted molar refractivity (Wildman–Crippen MR) is 114 cm³/mol. The summed E-state index contributed by atoms with van der Waals surface area (Å²) in [6.45, 7) is 12.5. The third-order valence-electron chi connectivity index (χ3n) is 5.41. The van der Waals surface area contributed by atoms with Gasteiger partial charge in [-0.05, 0) is 63.1 Å². The van der Waals surface area contributed by atoms with Crippen molar-refractivity contribution in [3.8, 4) is 0 Å². The number of rotatable bonds is 6. The molecule has 2 heterocycles. The average Bonchev–Trinajstić information content (AvgIpc) is 3.20. The lowest BCUT2D eigenvalue weighted by atomic mass is 10.1. The molecule has 0 unspecified atom stereocenters. The second kappa shape index (κ2) is 8.98. The Kier molecular flexibility index (Phi) is 6.43. The van der Waals surface area contributed by atoms with E-state index in [4.69, 9.17) is 5.41 Å². The fourth-order valence-electron chi connectivity index (χ4n) is 3.70. The van der Waals surface area contributed by atoms with Gasteiger partial charge >= 0.3 is 0 Å². The standard InChI is InChI=1S/C22H33N5/c1-17-9-10-18(2)20(15-17)25-22(24-19(3)26-11-7-8-12-26)16-21(23)27-13-5-4-6-14-27/h9-10,15-16,23-25H,3-8,11-14H2,1-2H3. The Hall–Kier alpha value is -2.43. The van der Waals surface area contributed by atoms with Crippen molar-refractivity contribution in [3.05, 3.63) is 53.6 Å². The molecule has 3 rings (SSSR count). The van der Waals surface area contributed by atoms with Crippen LogP contribution in [-0.4, -0.2) is 41.8 Å². The number of hydrogen-bond acceptors (Lipinski definition) is 4. The number of aryl methyl sites for hydroxylation is 2. The topological polar surface area (TPSA) is 54.4 Å². The van der Waals surface area contributed by atoms with Gasteiger partial charge in [-0.3, -0.25) is 5.41 Å². The first kappa shape index (κ1) is 19.3. The van der Waals surface area contributed by atoms with Crippen molar-refractivity contribution in [2.24, 2.45) is 0 Å². The SMILES string of the molecule is C=C(NC(=CC(=N)N1CCCCC1)Nc1cc(C)ccc1C)N1CCCC1. The van der Waals surface area contributed by atoms with Crippen LogP contribution in [0, 0.1) is 19.3 Å². The highest BCUT2D eigenvalue weighted by atomic mass is 15.3. The molecule has 0 radical (unpaired) electrons. The van der Waals surface area contributed by atoms with Crippen molar-refractivity contribution in [2.45, 2.75) is 46.0 Å². The maximum atomic E-state index is 8.56. The lowest BCUT2D eigenvalue weighted by molar-refractivity contribution is 0.342. The highest BCUT2D eigenvalue weighted by Crippen LogP contribution is 2.19. The normalized spacial score (nSPS) is 17.8. The molecular weight excluding hydrogens is 334 g/mol. The highest BCUT2D eigenvalue weighted by Gasteiger charge is 2.16. The second-order valence-electron chi connectivity index (χ2n) is 7.70. The molecule has 1 aromatic carbocycles. The zero-order valence-electron chi connectivity index (χ0n) is 16.8. The summed E-state index contributed by atoms with van der Waals surface area (Å²) in [7, 11) is 0. The molecule has 0 saturated carbocycles. The van der Waals surface area contributed by atoms with Gasteiger partial charge in [0.25, 0.3) is 0 Å². The average molecular weight is 368 g/mol. The minimum absolute atomic E-state index is 0.559. The maximum absolute atomic E-state index is 8.56.